The number of benzene rings is 2. The van der Waals surface area contributed by atoms with Crippen LogP contribution < -0.4 is 17.7 Å². The first-order chi connectivity index (χ1) is 31.9. The van der Waals surface area contributed by atoms with Crippen LogP contribution in [0.5, 0.6) is 0 Å². The number of hydrogen-bond donors (Lipinski definition) is 2. The molecule has 7 heterocycles. The summed E-state index contributed by atoms with van der Waals surface area (Å²) in [6.45, 7) is 25.8. The summed E-state index contributed by atoms with van der Waals surface area (Å²) in [5, 5.41) is 18.3. The van der Waals surface area contributed by atoms with Crippen molar-refractivity contribution in [1.29, 1.82) is 0 Å². The molecule has 0 spiro atoms. The highest BCUT2D eigenvalue weighted by Gasteiger charge is 2.41. The predicted octanol–water partition coefficient (Wildman–Crippen LogP) is 3.91. The summed E-state index contributed by atoms with van der Waals surface area (Å²) in [4.78, 5) is 58.8. The molecular weight excluding hydrogens is 916 g/mol. The number of halogens is 3. The molecule has 7 aromatic rings. The van der Waals surface area contributed by atoms with Crippen LogP contribution in [-0.2, 0) is 10.8 Å². The zero-order valence-corrected chi connectivity index (χ0v) is 41.8. The van der Waals surface area contributed by atoms with Gasteiger partial charge in [0.2, 0.25) is 5.82 Å². The maximum Gasteiger partial charge on any atom is 0.293 e. The second kappa shape index (κ2) is 19.6. The molecule has 0 aliphatic carbocycles. The third-order valence-electron chi connectivity index (χ3n) is 12.6. The van der Waals surface area contributed by atoms with E-state index in [2.05, 4.69) is 81.0 Å². The van der Waals surface area contributed by atoms with Gasteiger partial charge in [-0.15, -0.1) is 5.10 Å². The Hall–Kier alpha value is -6.66. The molecule has 2 aromatic carbocycles. The summed E-state index contributed by atoms with van der Waals surface area (Å²) in [7, 11) is 0. The smallest absolute Gasteiger partial charge is 0.293 e. The molecule has 2 saturated heterocycles. The first-order valence-electron chi connectivity index (χ1n) is 22.9. The van der Waals surface area contributed by atoms with Crippen LogP contribution in [0.15, 0.2) is 73.1 Å². The van der Waals surface area contributed by atoms with Crippen LogP contribution in [0.3, 0.4) is 0 Å². The van der Waals surface area contributed by atoms with Gasteiger partial charge in [0.25, 0.3) is 17.7 Å². The number of quaternary nitrogens is 1. The summed E-state index contributed by atoms with van der Waals surface area (Å²) in [5.41, 5.74) is 5.46. The molecule has 0 bridgehead atoms. The molecule has 372 valence electrons. The van der Waals surface area contributed by atoms with E-state index >= 15 is 0 Å². The Morgan fingerprint density at radius 1 is 0.657 bits per heavy atom. The maximum absolute atomic E-state index is 13.7. The molecule has 2 fully saturated rings. The average molecular weight is 981 g/mol. The number of aromatic nitrogens is 9. The lowest BCUT2D eigenvalue weighted by molar-refractivity contribution is -0.673. The minimum atomic E-state index is -0.647. The lowest BCUT2D eigenvalue weighted by Gasteiger charge is -2.46. The van der Waals surface area contributed by atoms with Crippen molar-refractivity contribution in [2.45, 2.75) is 105 Å². The molecule has 2 aliphatic rings. The zero-order valence-electron chi connectivity index (χ0n) is 41.0. The second-order valence-corrected chi connectivity index (χ2v) is 21.0. The second-order valence-electron chi connectivity index (χ2n) is 21.0. The van der Waals surface area contributed by atoms with Crippen molar-refractivity contribution in [2.75, 3.05) is 39.3 Å². The number of nitrogens with two attached hydrogens (primary N) is 1. The Morgan fingerprint density at radius 2 is 1.11 bits per heavy atom. The van der Waals surface area contributed by atoms with Crippen molar-refractivity contribution >= 4 is 29.0 Å². The molecule has 9 rings (SSSR count). The van der Waals surface area contributed by atoms with E-state index in [0.717, 1.165) is 41.0 Å². The highest BCUT2D eigenvalue weighted by Crippen LogP contribution is 2.33. The number of fused-ring (bicyclic) bond motifs is 2. The third kappa shape index (κ3) is 10.7. The van der Waals surface area contributed by atoms with E-state index in [9.17, 15) is 23.2 Å². The molecule has 5 aromatic heterocycles. The fourth-order valence-corrected chi connectivity index (χ4v) is 8.81. The third-order valence-corrected chi connectivity index (χ3v) is 12.6. The first kappa shape index (κ1) is 52.7. The van der Waals surface area contributed by atoms with Gasteiger partial charge in [0, 0.05) is 41.9 Å². The molecule has 16 nitrogen and oxygen atoms in total. The number of hydrogen-bond acceptors (Lipinski definition) is 9. The van der Waals surface area contributed by atoms with Crippen molar-refractivity contribution in [3.63, 3.8) is 0 Å². The van der Waals surface area contributed by atoms with Crippen molar-refractivity contribution in [3.05, 3.63) is 119 Å². The normalized spacial score (nSPS) is 15.8. The van der Waals surface area contributed by atoms with Crippen LogP contribution in [0.2, 0.25) is 0 Å². The molecule has 0 atom stereocenters. The standard InChI is InChI=1S/C27H31FN8O2.C23H28FN5O.CH4.ClH/c1-16-29-22(32-31-16)25(38)34-11-12-35(27(5,6)15-34)24(37)21-14-36-23(30-21)19(26(2,3)4)13-20(33-36)17-7-9-18(28)10-8-17;1-22(2,3)17-12-18(15-6-8-16(24)9-7-15)27-29-13-19(26-20(17)29)21(30)28-11-10-25-14-23(28,4)5;;/h7-10,13-14H,11-12,15H2,1-6H3,(H,29,31,32);6-9,12-13,25H,10-11,14H2,1-5H3;1H4;1H. The van der Waals surface area contributed by atoms with Crippen LogP contribution in [0.1, 0.15) is 125 Å². The van der Waals surface area contributed by atoms with Crippen LogP contribution in [0.25, 0.3) is 33.8 Å². The van der Waals surface area contributed by atoms with Gasteiger partial charge in [-0.25, -0.2) is 32.8 Å². The van der Waals surface area contributed by atoms with Gasteiger partial charge in [0.15, 0.2) is 11.3 Å². The predicted molar refractivity (Wildman–Crippen MR) is 260 cm³/mol. The van der Waals surface area contributed by atoms with Crippen LogP contribution >= 0.6 is 0 Å². The van der Waals surface area contributed by atoms with Gasteiger partial charge >= 0.3 is 0 Å². The number of piperazine rings is 2. The number of H-pyrrole nitrogens is 1. The molecule has 19 heteroatoms. The quantitative estimate of drug-likeness (QED) is 0.259. The fraction of sp³-hybridized carbons (Fsp3) is 0.431. The van der Waals surface area contributed by atoms with Crippen molar-refractivity contribution < 1.29 is 40.9 Å². The van der Waals surface area contributed by atoms with E-state index in [1.54, 1.807) is 62.4 Å². The van der Waals surface area contributed by atoms with Gasteiger partial charge in [-0.05, 0) is 106 Å². The van der Waals surface area contributed by atoms with Gasteiger partial charge in [-0.1, -0.05) is 49.0 Å². The Morgan fingerprint density at radius 3 is 1.51 bits per heavy atom. The highest BCUT2D eigenvalue weighted by molar-refractivity contribution is 5.95. The number of nitrogens with one attached hydrogen (secondary N) is 1. The minimum Gasteiger partial charge on any atom is -1.00 e. The fourth-order valence-electron chi connectivity index (χ4n) is 8.81. The van der Waals surface area contributed by atoms with Crippen molar-refractivity contribution in [2.24, 2.45) is 0 Å². The number of carbonyl (C=O) groups excluding carboxylic acids is 3. The average Bonchev–Trinajstić information content (AvgIpc) is 4.03. The monoisotopic (exact) mass is 979 g/mol. The zero-order chi connectivity index (χ0) is 49.1. The van der Waals surface area contributed by atoms with E-state index in [0.29, 0.717) is 54.7 Å². The van der Waals surface area contributed by atoms with Gasteiger partial charge in [-0.3, -0.25) is 19.5 Å². The Balaban J connectivity index is 0.000000229. The summed E-state index contributed by atoms with van der Waals surface area (Å²) >= 11 is 0. The van der Waals surface area contributed by atoms with Gasteiger partial charge in [-0.2, -0.15) is 10.2 Å². The van der Waals surface area contributed by atoms with E-state index in [1.807, 2.05) is 30.9 Å². The number of nitrogens with zero attached hydrogens (tertiary/aromatic N) is 11. The molecule has 0 unspecified atom stereocenters. The molecule has 3 amide bonds. The topological polar surface area (TPSA) is 179 Å². The summed E-state index contributed by atoms with van der Waals surface area (Å²) in [6.07, 6.45) is 3.36. The molecule has 0 saturated carbocycles. The Bertz CT molecular complexity index is 3040. The lowest BCUT2D eigenvalue weighted by Crippen LogP contribution is -3.00. The molecule has 0 radical (unpaired) electrons. The number of imidazole rings is 2. The first-order valence-corrected chi connectivity index (χ1v) is 22.9. The van der Waals surface area contributed by atoms with E-state index < -0.39 is 5.54 Å². The number of rotatable bonds is 5. The van der Waals surface area contributed by atoms with Crippen LogP contribution in [0.4, 0.5) is 8.78 Å². The Kier molecular flexibility index (Phi) is 14.8. The van der Waals surface area contributed by atoms with E-state index in [4.69, 9.17) is 15.1 Å². The maximum atomic E-state index is 13.7. The van der Waals surface area contributed by atoms with Crippen molar-refractivity contribution in [3.8, 4) is 22.5 Å². The number of aromatic amines is 1. The minimum absolute atomic E-state index is 0. The van der Waals surface area contributed by atoms with E-state index in [1.165, 1.54) is 24.3 Å². The highest BCUT2D eigenvalue weighted by atomic mass is 35.5. The number of carbonyl (C=O) groups is 3. The van der Waals surface area contributed by atoms with Gasteiger partial charge in [0.05, 0.1) is 54.5 Å². The summed E-state index contributed by atoms with van der Waals surface area (Å²) in [5.74, 6) is -0.481. The largest absolute Gasteiger partial charge is 1.00 e. The van der Waals surface area contributed by atoms with Crippen LogP contribution in [-0.4, -0.2) is 127 Å². The van der Waals surface area contributed by atoms with Gasteiger partial charge in [0.1, 0.15) is 28.8 Å². The number of amides is 3. The van der Waals surface area contributed by atoms with Crippen LogP contribution in [0, 0.1) is 18.6 Å². The number of aryl methyl sites for hydroxylation is 1. The summed E-state index contributed by atoms with van der Waals surface area (Å²) in [6, 6.07) is 16.4. The molecular formula is C51H64ClF2N13O3. The molecule has 70 heavy (non-hydrogen) atoms. The van der Waals surface area contributed by atoms with Crippen molar-refractivity contribution in [1.82, 2.24) is 59.1 Å². The summed E-state index contributed by atoms with van der Waals surface area (Å²) < 4.78 is 30.2. The SMILES string of the molecule is C.CC(C)(C)c1cc(-c2ccc(F)cc2)nn2cc(C(=O)N3CC[NH2+]CC3(C)C)nc12.Cc1nc(C(=O)N2CCN(C(=O)c3cn4nc(-c5ccc(F)cc5)cc(C(C)(C)C)c4n3)C(C)(C)C2)n[nH]1.[Cl-]. The molecule has 2 aliphatic heterocycles. The molecule has 3 N–H and O–H groups in total. The van der Waals surface area contributed by atoms with E-state index in [-0.39, 0.29) is 77.1 Å². The van der Waals surface area contributed by atoms with Gasteiger partial charge < -0.3 is 32.4 Å². The lowest BCUT2D eigenvalue weighted by atomic mass is 9.87. The Labute approximate surface area is 413 Å².